The number of aromatic nitrogens is 3. The van der Waals surface area contributed by atoms with Crippen LogP contribution in [0.15, 0.2) is 61.2 Å². The van der Waals surface area contributed by atoms with Gasteiger partial charge in [-0.05, 0) is 41.8 Å². The predicted molar refractivity (Wildman–Crippen MR) is 106 cm³/mol. The third kappa shape index (κ3) is 7.18. The Balaban J connectivity index is 1.36. The summed E-state index contributed by atoms with van der Waals surface area (Å²) >= 11 is 0. The van der Waals surface area contributed by atoms with Crippen LogP contribution in [0.4, 0.5) is 8.78 Å². The molecule has 0 atom stereocenters. The fourth-order valence-electron chi connectivity index (χ4n) is 2.70. The van der Waals surface area contributed by atoms with E-state index < -0.39 is 25.1 Å². The molecular formula is C21H20F2N4O4. The van der Waals surface area contributed by atoms with Gasteiger partial charge in [-0.2, -0.15) is 13.9 Å². The Morgan fingerprint density at radius 3 is 2.39 bits per heavy atom. The molecule has 162 valence electrons. The van der Waals surface area contributed by atoms with Gasteiger partial charge >= 0.3 is 12.6 Å². The molecule has 0 spiro atoms. The van der Waals surface area contributed by atoms with Crippen molar-refractivity contribution in [2.75, 3.05) is 13.2 Å². The van der Waals surface area contributed by atoms with Crippen LogP contribution in [-0.2, 0) is 22.5 Å². The van der Waals surface area contributed by atoms with Crippen LogP contribution < -0.4 is 10.1 Å². The number of hydrogen-bond acceptors (Lipinski definition) is 6. The molecule has 1 amide bonds. The van der Waals surface area contributed by atoms with Gasteiger partial charge in [0.05, 0.1) is 12.1 Å². The number of benzene rings is 2. The maximum Gasteiger partial charge on any atom is 0.387 e. The van der Waals surface area contributed by atoms with Gasteiger partial charge in [-0.25, -0.2) is 14.5 Å². The van der Waals surface area contributed by atoms with E-state index in [1.54, 1.807) is 47.4 Å². The van der Waals surface area contributed by atoms with E-state index in [4.69, 9.17) is 4.74 Å². The van der Waals surface area contributed by atoms with Gasteiger partial charge in [0, 0.05) is 6.54 Å². The number of carbonyl (C=O) groups excluding carboxylic acids is 2. The van der Waals surface area contributed by atoms with Crippen LogP contribution in [0.1, 0.15) is 21.5 Å². The summed E-state index contributed by atoms with van der Waals surface area (Å²) in [4.78, 5) is 27.8. The number of nitrogens with zero attached hydrogens (tertiary/aromatic N) is 3. The number of halogens is 2. The number of amides is 1. The zero-order valence-electron chi connectivity index (χ0n) is 16.4. The van der Waals surface area contributed by atoms with Crippen LogP contribution >= 0.6 is 0 Å². The average Bonchev–Trinajstić information content (AvgIpc) is 3.26. The summed E-state index contributed by atoms with van der Waals surface area (Å²) in [6, 6.07) is 12.9. The van der Waals surface area contributed by atoms with E-state index in [0.717, 1.165) is 11.1 Å². The Labute approximate surface area is 176 Å². The van der Waals surface area contributed by atoms with Gasteiger partial charge in [0.15, 0.2) is 6.61 Å². The minimum Gasteiger partial charge on any atom is -0.452 e. The number of rotatable bonds is 10. The SMILES string of the molecule is O=C(COC(=O)c1ccc(Cn2cncn2)cc1)NCCc1ccc(OC(F)F)cc1. The Morgan fingerprint density at radius 2 is 1.74 bits per heavy atom. The van der Waals surface area contributed by atoms with E-state index >= 15 is 0 Å². The minimum atomic E-state index is -2.87. The van der Waals surface area contributed by atoms with Crippen LogP contribution in [-0.4, -0.2) is 46.4 Å². The monoisotopic (exact) mass is 430 g/mol. The molecule has 0 fully saturated rings. The molecule has 0 aliphatic rings. The van der Waals surface area contributed by atoms with E-state index in [-0.39, 0.29) is 5.75 Å². The third-order valence-electron chi connectivity index (χ3n) is 4.22. The molecule has 0 saturated carbocycles. The third-order valence-corrected chi connectivity index (χ3v) is 4.22. The van der Waals surface area contributed by atoms with Crippen molar-refractivity contribution in [1.29, 1.82) is 0 Å². The first kappa shape index (κ1) is 21.9. The normalized spacial score (nSPS) is 10.7. The molecule has 1 N–H and O–H groups in total. The number of hydrogen-bond donors (Lipinski definition) is 1. The van der Waals surface area contributed by atoms with Crippen LogP contribution in [0.5, 0.6) is 5.75 Å². The minimum absolute atomic E-state index is 0.0705. The van der Waals surface area contributed by atoms with E-state index in [1.807, 2.05) is 0 Å². The lowest BCUT2D eigenvalue weighted by atomic mass is 10.1. The fourth-order valence-corrected chi connectivity index (χ4v) is 2.70. The topological polar surface area (TPSA) is 95.3 Å². The summed E-state index contributed by atoms with van der Waals surface area (Å²) in [5.74, 6) is -0.966. The van der Waals surface area contributed by atoms with Crippen molar-refractivity contribution >= 4 is 11.9 Å². The van der Waals surface area contributed by atoms with Gasteiger partial charge in [0.1, 0.15) is 18.4 Å². The largest absolute Gasteiger partial charge is 0.452 e. The van der Waals surface area contributed by atoms with Gasteiger partial charge in [0.25, 0.3) is 5.91 Å². The summed E-state index contributed by atoms with van der Waals surface area (Å²) < 4.78 is 35.2. The van der Waals surface area contributed by atoms with Crippen molar-refractivity contribution in [3.05, 3.63) is 77.9 Å². The second-order valence-electron chi connectivity index (χ2n) is 6.49. The Bertz CT molecular complexity index is 978. The van der Waals surface area contributed by atoms with Crippen molar-refractivity contribution in [3.63, 3.8) is 0 Å². The predicted octanol–water partition coefficient (Wildman–Crippen LogP) is 2.44. The molecule has 0 unspecified atom stereocenters. The molecule has 31 heavy (non-hydrogen) atoms. The quantitative estimate of drug-likeness (QED) is 0.497. The maximum atomic E-state index is 12.1. The average molecular weight is 430 g/mol. The van der Waals surface area contributed by atoms with Crippen molar-refractivity contribution in [3.8, 4) is 5.75 Å². The Morgan fingerprint density at radius 1 is 1.03 bits per heavy atom. The molecule has 0 saturated heterocycles. The summed E-state index contributed by atoms with van der Waals surface area (Å²) in [6.45, 7) is -2.44. The lowest BCUT2D eigenvalue weighted by Crippen LogP contribution is -2.30. The molecule has 0 bridgehead atoms. The summed E-state index contributed by atoms with van der Waals surface area (Å²) in [5.41, 5.74) is 2.11. The fraction of sp³-hybridized carbons (Fsp3) is 0.238. The second-order valence-corrected chi connectivity index (χ2v) is 6.49. The molecule has 3 aromatic rings. The smallest absolute Gasteiger partial charge is 0.387 e. The molecule has 1 aromatic heterocycles. The van der Waals surface area contributed by atoms with Gasteiger partial charge < -0.3 is 14.8 Å². The van der Waals surface area contributed by atoms with Gasteiger partial charge in [-0.1, -0.05) is 24.3 Å². The van der Waals surface area contributed by atoms with Gasteiger partial charge in [-0.3, -0.25) is 4.79 Å². The molecular weight excluding hydrogens is 410 g/mol. The molecule has 10 heteroatoms. The Kier molecular flexibility index (Phi) is 7.63. The molecule has 0 radical (unpaired) electrons. The number of esters is 1. The van der Waals surface area contributed by atoms with Crippen molar-refractivity contribution < 1.29 is 27.8 Å². The van der Waals surface area contributed by atoms with Crippen LogP contribution in [0.3, 0.4) is 0 Å². The maximum absolute atomic E-state index is 12.1. The number of alkyl halides is 2. The summed E-state index contributed by atoms with van der Waals surface area (Å²) in [7, 11) is 0. The first-order valence-electron chi connectivity index (χ1n) is 9.38. The first-order valence-corrected chi connectivity index (χ1v) is 9.38. The zero-order valence-corrected chi connectivity index (χ0v) is 16.4. The first-order chi connectivity index (χ1) is 15.0. The number of ether oxygens (including phenoxy) is 2. The van der Waals surface area contributed by atoms with Crippen molar-refractivity contribution in [2.45, 2.75) is 19.6 Å². The summed E-state index contributed by atoms with van der Waals surface area (Å²) in [5, 5.41) is 6.65. The van der Waals surface area contributed by atoms with Gasteiger partial charge in [-0.15, -0.1) is 0 Å². The lowest BCUT2D eigenvalue weighted by molar-refractivity contribution is -0.124. The van der Waals surface area contributed by atoms with Crippen molar-refractivity contribution in [1.82, 2.24) is 20.1 Å². The van der Waals surface area contributed by atoms with Crippen molar-refractivity contribution in [2.24, 2.45) is 0 Å². The zero-order chi connectivity index (χ0) is 22.1. The van der Waals surface area contributed by atoms with Gasteiger partial charge in [0.2, 0.25) is 0 Å². The van der Waals surface area contributed by atoms with Crippen LogP contribution in [0, 0.1) is 0 Å². The van der Waals surface area contributed by atoms with Crippen LogP contribution in [0.25, 0.3) is 0 Å². The van der Waals surface area contributed by atoms with E-state index in [9.17, 15) is 18.4 Å². The second kappa shape index (κ2) is 10.8. The molecule has 8 nitrogen and oxygen atoms in total. The highest BCUT2D eigenvalue weighted by molar-refractivity contribution is 5.91. The summed E-state index contributed by atoms with van der Waals surface area (Å²) in [6.07, 6.45) is 3.53. The highest BCUT2D eigenvalue weighted by atomic mass is 19.3. The molecule has 3 rings (SSSR count). The van der Waals surface area contributed by atoms with Crippen LogP contribution in [0.2, 0.25) is 0 Å². The van der Waals surface area contributed by atoms with E-state index in [0.29, 0.717) is 25.1 Å². The van der Waals surface area contributed by atoms with E-state index in [1.165, 1.54) is 18.5 Å². The highest BCUT2D eigenvalue weighted by Crippen LogP contribution is 2.15. The standard InChI is InChI=1S/C21H20F2N4O4/c22-21(23)31-18-7-3-15(4-8-18)9-10-25-19(28)12-30-20(29)17-5-1-16(2-6-17)11-27-14-24-13-26-27/h1-8,13-14,21H,9-12H2,(H,25,28). The Hall–Kier alpha value is -3.82. The number of carbonyl (C=O) groups is 2. The molecule has 1 heterocycles. The lowest BCUT2D eigenvalue weighted by Gasteiger charge is -2.08. The molecule has 0 aliphatic carbocycles. The van der Waals surface area contributed by atoms with E-state index in [2.05, 4.69) is 20.1 Å². The number of nitrogens with one attached hydrogen (secondary N) is 1. The molecule has 0 aliphatic heterocycles. The molecule has 2 aromatic carbocycles. The highest BCUT2D eigenvalue weighted by Gasteiger charge is 2.10.